The number of ether oxygens (including phenoxy) is 3. The number of thiazole rings is 1. The van der Waals surface area contributed by atoms with Crippen LogP contribution in [0.4, 0.5) is 21.9 Å². The second-order valence-corrected chi connectivity index (χ2v) is 9.15. The molecule has 1 aliphatic heterocycles. The van der Waals surface area contributed by atoms with Gasteiger partial charge in [-0.3, -0.25) is 9.69 Å². The van der Waals surface area contributed by atoms with Gasteiger partial charge in [0.15, 0.2) is 16.5 Å². The van der Waals surface area contributed by atoms with E-state index in [0.29, 0.717) is 66.2 Å². The molecule has 190 valence electrons. The summed E-state index contributed by atoms with van der Waals surface area (Å²) in [6.07, 6.45) is 0.558. The zero-order chi connectivity index (χ0) is 25.7. The van der Waals surface area contributed by atoms with Gasteiger partial charge in [0.05, 0.1) is 51.0 Å². The predicted molar refractivity (Wildman–Crippen MR) is 139 cm³/mol. The Labute approximate surface area is 213 Å². The molecule has 4 rings (SSSR count). The highest BCUT2D eigenvalue weighted by Crippen LogP contribution is 2.33. The van der Waals surface area contributed by atoms with Gasteiger partial charge in [0.25, 0.3) is 5.91 Å². The third-order valence-electron chi connectivity index (χ3n) is 5.83. The quantitative estimate of drug-likeness (QED) is 0.443. The van der Waals surface area contributed by atoms with Crippen LogP contribution in [0, 0.1) is 0 Å². The number of anilines is 3. The average molecular weight is 512 g/mol. The maximum atomic E-state index is 13.6. The second kappa shape index (κ2) is 11.3. The number of rotatable bonds is 8. The van der Waals surface area contributed by atoms with E-state index in [1.807, 2.05) is 6.07 Å². The number of aromatic nitrogens is 1. The van der Waals surface area contributed by atoms with Gasteiger partial charge in [-0.1, -0.05) is 12.1 Å². The summed E-state index contributed by atoms with van der Waals surface area (Å²) in [5.74, 6) is 0.788. The van der Waals surface area contributed by atoms with Crippen molar-refractivity contribution >= 4 is 40.3 Å². The number of benzene rings is 2. The summed E-state index contributed by atoms with van der Waals surface area (Å²) in [5.41, 5.74) is 8.47. The minimum atomic E-state index is -0.322. The first-order valence-electron chi connectivity index (χ1n) is 11.4. The van der Waals surface area contributed by atoms with E-state index in [1.165, 1.54) is 11.3 Å². The van der Waals surface area contributed by atoms with E-state index in [1.54, 1.807) is 67.5 Å². The Morgan fingerprint density at radius 3 is 2.64 bits per heavy atom. The Morgan fingerprint density at radius 1 is 1.14 bits per heavy atom. The van der Waals surface area contributed by atoms with Crippen LogP contribution in [0.5, 0.6) is 11.5 Å². The molecule has 0 aliphatic carbocycles. The normalized spacial score (nSPS) is 12.6. The number of fused-ring (bicyclic) bond motifs is 1. The van der Waals surface area contributed by atoms with Gasteiger partial charge in [-0.25, -0.2) is 9.78 Å². The first-order valence-corrected chi connectivity index (χ1v) is 12.2. The van der Waals surface area contributed by atoms with Crippen molar-refractivity contribution in [2.75, 3.05) is 57.0 Å². The summed E-state index contributed by atoms with van der Waals surface area (Å²) in [7, 11) is 4.71. The summed E-state index contributed by atoms with van der Waals surface area (Å²) in [6.45, 7) is 1.58. The Hall–Kier alpha value is -3.83. The van der Waals surface area contributed by atoms with E-state index in [0.717, 1.165) is 10.6 Å². The number of carbonyl (C=O) groups excluding carboxylic acids is 2. The molecule has 1 aliphatic rings. The highest BCUT2D eigenvalue weighted by Gasteiger charge is 2.29. The fourth-order valence-corrected chi connectivity index (χ4v) is 4.94. The summed E-state index contributed by atoms with van der Waals surface area (Å²) >= 11 is 1.29. The lowest BCUT2D eigenvalue weighted by Gasteiger charge is -2.32. The van der Waals surface area contributed by atoms with Gasteiger partial charge < -0.3 is 30.2 Å². The largest absolute Gasteiger partial charge is 0.493 e. The first kappa shape index (κ1) is 25.3. The Balaban J connectivity index is 1.51. The Kier molecular flexibility index (Phi) is 7.91. The molecule has 3 amide bonds. The molecule has 0 radical (unpaired) electrons. The number of hydrogen-bond acceptors (Lipinski definition) is 8. The molecule has 2 heterocycles. The van der Waals surface area contributed by atoms with Crippen LogP contribution in [0.2, 0.25) is 0 Å². The maximum Gasteiger partial charge on any atom is 0.324 e. The maximum absolute atomic E-state index is 13.6. The van der Waals surface area contributed by atoms with Gasteiger partial charge in [0.1, 0.15) is 0 Å². The molecule has 3 N–H and O–H groups in total. The van der Waals surface area contributed by atoms with Gasteiger partial charge in [0, 0.05) is 36.7 Å². The van der Waals surface area contributed by atoms with E-state index < -0.39 is 0 Å². The molecule has 0 unspecified atom stereocenters. The summed E-state index contributed by atoms with van der Waals surface area (Å²) < 4.78 is 16.0. The predicted octanol–water partition coefficient (Wildman–Crippen LogP) is 3.63. The minimum absolute atomic E-state index is 0.165. The number of nitrogen functional groups attached to an aromatic ring is 1. The monoisotopic (exact) mass is 511 g/mol. The third-order valence-corrected chi connectivity index (χ3v) is 6.91. The fourth-order valence-electron chi connectivity index (χ4n) is 3.92. The van der Waals surface area contributed by atoms with Crippen LogP contribution < -0.4 is 25.4 Å². The average Bonchev–Trinajstić information content (AvgIpc) is 3.33. The van der Waals surface area contributed by atoms with Crippen molar-refractivity contribution in [2.45, 2.75) is 13.0 Å². The standard InChI is InChI=1S/C25H29N5O5S/c1-33-13-12-30(16-8-9-20(34-2)21(14-16)35-3)25(32)29-11-10-19-22(15-29)36-24(28-19)23(31)27-18-7-5-4-6-17(18)26/h4-9,14H,10-13,15,26H2,1-3H3,(H,27,31). The van der Waals surface area contributed by atoms with Crippen molar-refractivity contribution in [1.29, 1.82) is 0 Å². The lowest BCUT2D eigenvalue weighted by molar-refractivity contribution is 0.102. The van der Waals surface area contributed by atoms with E-state index in [4.69, 9.17) is 19.9 Å². The number of nitrogens with two attached hydrogens (primary N) is 1. The summed E-state index contributed by atoms with van der Waals surface area (Å²) in [4.78, 5) is 35.2. The minimum Gasteiger partial charge on any atom is -0.493 e. The van der Waals surface area contributed by atoms with Gasteiger partial charge >= 0.3 is 6.03 Å². The van der Waals surface area contributed by atoms with Gasteiger partial charge in [-0.15, -0.1) is 11.3 Å². The number of amides is 3. The smallest absolute Gasteiger partial charge is 0.324 e. The van der Waals surface area contributed by atoms with Gasteiger partial charge in [-0.05, 0) is 24.3 Å². The van der Waals surface area contributed by atoms with Crippen LogP contribution in [0.3, 0.4) is 0 Å². The van der Waals surface area contributed by atoms with E-state index in [-0.39, 0.29) is 11.9 Å². The molecule has 0 saturated carbocycles. The van der Waals surface area contributed by atoms with Crippen LogP contribution >= 0.6 is 11.3 Å². The molecule has 3 aromatic rings. The molecule has 1 aromatic heterocycles. The van der Waals surface area contributed by atoms with Crippen molar-refractivity contribution in [3.63, 3.8) is 0 Å². The summed E-state index contributed by atoms with van der Waals surface area (Å²) in [5, 5.41) is 3.15. The van der Waals surface area contributed by atoms with Gasteiger partial charge in [-0.2, -0.15) is 0 Å². The van der Waals surface area contributed by atoms with Crippen molar-refractivity contribution in [3.05, 3.63) is 58.0 Å². The number of carbonyl (C=O) groups is 2. The fraction of sp³-hybridized carbons (Fsp3) is 0.320. The number of nitrogens with zero attached hydrogens (tertiary/aromatic N) is 3. The number of hydrogen-bond donors (Lipinski definition) is 2. The lowest BCUT2D eigenvalue weighted by Crippen LogP contribution is -2.46. The molecule has 0 bridgehead atoms. The van der Waals surface area contributed by atoms with Crippen LogP contribution in [-0.2, 0) is 17.7 Å². The zero-order valence-corrected chi connectivity index (χ0v) is 21.3. The van der Waals surface area contributed by atoms with Crippen LogP contribution in [0.25, 0.3) is 0 Å². The molecule has 2 aromatic carbocycles. The number of nitrogens with one attached hydrogen (secondary N) is 1. The van der Waals surface area contributed by atoms with Crippen molar-refractivity contribution < 1.29 is 23.8 Å². The number of para-hydroxylation sites is 2. The van der Waals surface area contributed by atoms with Crippen molar-refractivity contribution in [1.82, 2.24) is 9.88 Å². The molecule has 36 heavy (non-hydrogen) atoms. The molecule has 11 heteroatoms. The van der Waals surface area contributed by atoms with E-state index >= 15 is 0 Å². The summed E-state index contributed by atoms with van der Waals surface area (Å²) in [6, 6.07) is 12.3. The molecule has 0 spiro atoms. The number of urea groups is 1. The third kappa shape index (κ3) is 5.37. The zero-order valence-electron chi connectivity index (χ0n) is 20.4. The Morgan fingerprint density at radius 2 is 1.92 bits per heavy atom. The SMILES string of the molecule is COCCN(C(=O)N1CCc2nc(C(=O)Nc3ccccc3N)sc2C1)c1ccc(OC)c(OC)c1. The van der Waals surface area contributed by atoms with E-state index in [2.05, 4.69) is 10.3 Å². The van der Waals surface area contributed by atoms with Gasteiger partial charge in [0.2, 0.25) is 0 Å². The topological polar surface area (TPSA) is 119 Å². The highest BCUT2D eigenvalue weighted by molar-refractivity contribution is 7.13. The van der Waals surface area contributed by atoms with Crippen LogP contribution in [-0.4, -0.2) is 62.8 Å². The molecular weight excluding hydrogens is 482 g/mol. The molecule has 0 fully saturated rings. The highest BCUT2D eigenvalue weighted by atomic mass is 32.1. The Bertz CT molecular complexity index is 1250. The molecule has 0 saturated heterocycles. The second-order valence-electron chi connectivity index (χ2n) is 8.07. The molecule has 0 atom stereocenters. The first-order chi connectivity index (χ1) is 17.4. The number of methoxy groups -OCH3 is 3. The van der Waals surface area contributed by atoms with E-state index in [9.17, 15) is 9.59 Å². The van der Waals surface area contributed by atoms with Crippen LogP contribution in [0.1, 0.15) is 20.4 Å². The molecular formula is C25H29N5O5S. The van der Waals surface area contributed by atoms with Crippen molar-refractivity contribution in [3.8, 4) is 11.5 Å². The lowest BCUT2D eigenvalue weighted by atomic mass is 10.2. The van der Waals surface area contributed by atoms with Crippen LogP contribution in [0.15, 0.2) is 42.5 Å². The molecule has 10 nitrogen and oxygen atoms in total. The van der Waals surface area contributed by atoms with Crippen molar-refractivity contribution in [2.24, 2.45) is 0 Å².